The van der Waals surface area contributed by atoms with Crippen LogP contribution in [-0.4, -0.2) is 18.4 Å². The van der Waals surface area contributed by atoms with Gasteiger partial charge in [-0.05, 0) is 28.1 Å². The molecule has 0 bridgehead atoms. The van der Waals surface area contributed by atoms with E-state index < -0.39 is 0 Å². The molecule has 0 unspecified atom stereocenters. The van der Waals surface area contributed by atoms with Crippen molar-refractivity contribution < 1.29 is 9.53 Å². The molecular formula is C10H8BrNO2. The maximum absolute atomic E-state index is 10.9. The summed E-state index contributed by atoms with van der Waals surface area (Å²) in [4.78, 5) is 13.9. The number of rotatable bonds is 2. The molecule has 4 heteroatoms. The molecule has 1 aromatic heterocycles. The molecule has 0 aliphatic rings. The van der Waals surface area contributed by atoms with Gasteiger partial charge in [-0.25, -0.2) is 0 Å². The van der Waals surface area contributed by atoms with E-state index in [4.69, 9.17) is 4.74 Å². The first kappa shape index (κ1) is 9.27. The second kappa shape index (κ2) is 3.46. The van der Waals surface area contributed by atoms with Crippen molar-refractivity contribution in [1.82, 2.24) is 4.98 Å². The molecule has 1 heterocycles. The number of aromatic amines is 1. The van der Waals surface area contributed by atoms with Crippen LogP contribution < -0.4 is 4.74 Å². The summed E-state index contributed by atoms with van der Waals surface area (Å²) in [6, 6.07) is 5.60. The minimum Gasteiger partial charge on any atom is -0.496 e. The van der Waals surface area contributed by atoms with Gasteiger partial charge in [0.1, 0.15) is 5.75 Å². The summed E-state index contributed by atoms with van der Waals surface area (Å²) in [5.41, 5.74) is 1.48. The smallest absolute Gasteiger partial charge is 0.153 e. The van der Waals surface area contributed by atoms with Crippen molar-refractivity contribution >= 4 is 33.1 Å². The molecule has 3 nitrogen and oxygen atoms in total. The van der Waals surface area contributed by atoms with Gasteiger partial charge in [0.2, 0.25) is 0 Å². The first-order valence-electron chi connectivity index (χ1n) is 4.07. The number of fused-ring (bicyclic) bond motifs is 1. The van der Waals surface area contributed by atoms with Crippen LogP contribution in [0.2, 0.25) is 0 Å². The normalized spacial score (nSPS) is 10.4. The van der Waals surface area contributed by atoms with Gasteiger partial charge < -0.3 is 9.72 Å². The molecule has 0 aliphatic carbocycles. The van der Waals surface area contributed by atoms with E-state index in [1.54, 1.807) is 7.11 Å². The van der Waals surface area contributed by atoms with Crippen molar-refractivity contribution in [2.75, 3.05) is 7.11 Å². The number of carbonyl (C=O) groups excluding carboxylic acids is 1. The number of aromatic nitrogens is 1. The van der Waals surface area contributed by atoms with Crippen LogP contribution in [0.1, 0.15) is 10.4 Å². The fraction of sp³-hybridized carbons (Fsp3) is 0.100. The predicted molar refractivity (Wildman–Crippen MR) is 57.9 cm³/mol. The number of halogens is 1. The fourth-order valence-electron chi connectivity index (χ4n) is 1.49. The number of methoxy groups -OCH3 is 1. The Morgan fingerprint density at radius 3 is 2.93 bits per heavy atom. The zero-order chi connectivity index (χ0) is 10.1. The molecule has 0 aliphatic heterocycles. The highest BCUT2D eigenvalue weighted by molar-refractivity contribution is 9.10. The van der Waals surface area contributed by atoms with Gasteiger partial charge in [-0.1, -0.05) is 6.07 Å². The van der Waals surface area contributed by atoms with Crippen LogP contribution in [0.5, 0.6) is 5.75 Å². The fourth-order valence-corrected chi connectivity index (χ4v) is 1.99. The highest BCUT2D eigenvalue weighted by Gasteiger charge is 2.12. The summed E-state index contributed by atoms with van der Waals surface area (Å²) in [5.74, 6) is 0.701. The molecule has 72 valence electrons. The van der Waals surface area contributed by atoms with Crippen LogP contribution >= 0.6 is 15.9 Å². The number of hydrogen-bond acceptors (Lipinski definition) is 2. The average Bonchev–Trinajstić information content (AvgIpc) is 2.52. The van der Waals surface area contributed by atoms with Gasteiger partial charge in [-0.3, -0.25) is 4.79 Å². The standard InChI is InChI=1S/C10H8BrNO2/c1-14-8-4-2-3-7-9(8)6(5-13)10(11)12-7/h2-5,12H,1H3. The van der Waals surface area contributed by atoms with E-state index in [1.165, 1.54) is 0 Å². The Morgan fingerprint density at radius 1 is 1.50 bits per heavy atom. The first-order valence-corrected chi connectivity index (χ1v) is 4.86. The lowest BCUT2D eigenvalue weighted by atomic mass is 10.2. The summed E-state index contributed by atoms with van der Waals surface area (Å²) in [7, 11) is 1.59. The zero-order valence-corrected chi connectivity index (χ0v) is 9.09. The number of hydrogen-bond donors (Lipinski definition) is 1. The minimum absolute atomic E-state index is 0.595. The van der Waals surface area contributed by atoms with Crippen molar-refractivity contribution in [2.45, 2.75) is 0 Å². The van der Waals surface area contributed by atoms with Crippen LogP contribution in [-0.2, 0) is 0 Å². The van der Waals surface area contributed by atoms with Gasteiger partial charge in [0.25, 0.3) is 0 Å². The van der Waals surface area contributed by atoms with Crippen LogP contribution in [0, 0.1) is 0 Å². The van der Waals surface area contributed by atoms with Gasteiger partial charge in [0.15, 0.2) is 6.29 Å². The average molecular weight is 254 g/mol. The van der Waals surface area contributed by atoms with Crippen molar-refractivity contribution in [3.05, 3.63) is 28.4 Å². The topological polar surface area (TPSA) is 42.1 Å². The third kappa shape index (κ3) is 1.23. The molecule has 1 N–H and O–H groups in total. The van der Waals surface area contributed by atoms with Gasteiger partial charge in [-0.15, -0.1) is 0 Å². The maximum Gasteiger partial charge on any atom is 0.153 e. The predicted octanol–water partition coefficient (Wildman–Crippen LogP) is 2.75. The second-order valence-corrected chi connectivity index (χ2v) is 3.65. The summed E-state index contributed by atoms with van der Waals surface area (Å²) >= 11 is 3.29. The molecule has 0 spiro atoms. The zero-order valence-electron chi connectivity index (χ0n) is 7.50. The van der Waals surface area contributed by atoms with Crippen LogP contribution in [0.3, 0.4) is 0 Å². The van der Waals surface area contributed by atoms with Gasteiger partial charge in [-0.2, -0.15) is 0 Å². The number of carbonyl (C=O) groups is 1. The highest BCUT2D eigenvalue weighted by Crippen LogP contribution is 2.32. The Bertz CT molecular complexity index is 490. The monoisotopic (exact) mass is 253 g/mol. The third-order valence-corrected chi connectivity index (χ3v) is 2.74. The molecule has 2 rings (SSSR count). The Hall–Kier alpha value is -1.29. The lowest BCUT2D eigenvalue weighted by Gasteiger charge is -2.00. The minimum atomic E-state index is 0.595. The largest absolute Gasteiger partial charge is 0.496 e. The molecule has 0 saturated heterocycles. The van der Waals surface area contributed by atoms with Gasteiger partial charge >= 0.3 is 0 Å². The Labute approximate surface area is 89.2 Å². The second-order valence-electron chi connectivity index (χ2n) is 2.85. The van der Waals surface area contributed by atoms with E-state index in [2.05, 4.69) is 20.9 Å². The summed E-state index contributed by atoms with van der Waals surface area (Å²) < 4.78 is 5.87. The number of aldehydes is 1. The molecule has 1 aromatic carbocycles. The number of benzene rings is 1. The van der Waals surface area contributed by atoms with Gasteiger partial charge in [0.05, 0.1) is 28.2 Å². The maximum atomic E-state index is 10.9. The van der Waals surface area contributed by atoms with Crippen molar-refractivity contribution in [2.24, 2.45) is 0 Å². The molecule has 2 aromatic rings. The van der Waals surface area contributed by atoms with Gasteiger partial charge in [0, 0.05) is 0 Å². The lowest BCUT2D eigenvalue weighted by Crippen LogP contribution is -1.85. The molecule has 0 fully saturated rings. The van der Waals surface area contributed by atoms with Crippen molar-refractivity contribution in [1.29, 1.82) is 0 Å². The molecule has 14 heavy (non-hydrogen) atoms. The summed E-state index contributed by atoms with van der Waals surface area (Å²) in [6.07, 6.45) is 0.811. The summed E-state index contributed by atoms with van der Waals surface area (Å²) in [5, 5.41) is 0.817. The summed E-state index contributed by atoms with van der Waals surface area (Å²) in [6.45, 7) is 0. The molecule has 0 amide bonds. The van der Waals surface area contributed by atoms with E-state index in [1.807, 2.05) is 18.2 Å². The Morgan fingerprint density at radius 2 is 2.29 bits per heavy atom. The van der Waals surface area contributed by atoms with E-state index in [0.29, 0.717) is 15.9 Å². The number of H-pyrrole nitrogens is 1. The molecular weight excluding hydrogens is 246 g/mol. The Kier molecular flexibility index (Phi) is 2.29. The Balaban J connectivity index is 2.89. The molecule has 0 radical (unpaired) electrons. The van der Waals surface area contributed by atoms with Crippen LogP contribution in [0.25, 0.3) is 10.9 Å². The van der Waals surface area contributed by atoms with Crippen molar-refractivity contribution in [3.63, 3.8) is 0 Å². The molecule has 0 saturated carbocycles. The van der Waals surface area contributed by atoms with E-state index in [9.17, 15) is 4.79 Å². The van der Waals surface area contributed by atoms with Crippen LogP contribution in [0.15, 0.2) is 22.8 Å². The van der Waals surface area contributed by atoms with E-state index in [-0.39, 0.29) is 0 Å². The van der Waals surface area contributed by atoms with E-state index in [0.717, 1.165) is 17.2 Å². The SMILES string of the molecule is COc1cccc2[nH]c(Br)c(C=O)c12. The van der Waals surface area contributed by atoms with Crippen LogP contribution in [0.4, 0.5) is 0 Å². The quantitative estimate of drug-likeness (QED) is 0.837. The van der Waals surface area contributed by atoms with Crippen molar-refractivity contribution in [3.8, 4) is 5.75 Å². The highest BCUT2D eigenvalue weighted by atomic mass is 79.9. The lowest BCUT2D eigenvalue weighted by molar-refractivity contribution is 0.112. The molecule has 0 atom stereocenters. The number of nitrogens with one attached hydrogen (secondary N) is 1. The first-order chi connectivity index (χ1) is 6.77. The third-order valence-electron chi connectivity index (χ3n) is 2.11. The number of ether oxygens (including phenoxy) is 1. The van der Waals surface area contributed by atoms with E-state index >= 15 is 0 Å².